The van der Waals surface area contributed by atoms with Gasteiger partial charge < -0.3 is 0 Å². The zero-order valence-corrected chi connectivity index (χ0v) is 13.5. The Balaban J connectivity index is 1.69. The maximum Gasteiger partial charge on any atom is 0.0947 e. The fourth-order valence-electron chi connectivity index (χ4n) is 2.82. The van der Waals surface area contributed by atoms with Gasteiger partial charge in [-0.3, -0.25) is 9.23 Å². The Kier molecular flexibility index (Phi) is 4.88. The van der Waals surface area contributed by atoms with Gasteiger partial charge in [0.25, 0.3) is 0 Å². The summed E-state index contributed by atoms with van der Waals surface area (Å²) in [6.07, 6.45) is 1.98. The standard InChI is InChI=1S/C17H19BrFNO/c18-17-15(8-7-14-5-1-2-6-16(14)17)12-21-20-9-3-4-13(10-19)11-20/h1-2,5-8,13H,3-4,9-12H2. The molecule has 1 atom stereocenters. The monoisotopic (exact) mass is 351 g/mol. The van der Waals surface area contributed by atoms with Gasteiger partial charge in [-0.25, -0.2) is 0 Å². The molecular weight excluding hydrogens is 333 g/mol. The number of hydrogen-bond donors (Lipinski definition) is 0. The number of alkyl halides is 1. The molecule has 2 aromatic rings. The van der Waals surface area contributed by atoms with Crippen LogP contribution in [0.3, 0.4) is 0 Å². The molecule has 1 fully saturated rings. The summed E-state index contributed by atoms with van der Waals surface area (Å²) in [5, 5.41) is 4.32. The minimum absolute atomic E-state index is 0.124. The molecule has 1 aliphatic rings. The minimum Gasteiger partial charge on any atom is -0.294 e. The van der Waals surface area contributed by atoms with E-state index in [1.54, 1.807) is 0 Å². The lowest BCUT2D eigenvalue weighted by atomic mass is 10.0. The summed E-state index contributed by atoms with van der Waals surface area (Å²) in [6.45, 7) is 1.85. The number of nitrogens with zero attached hydrogens (tertiary/aromatic N) is 1. The van der Waals surface area contributed by atoms with Gasteiger partial charge in [0.1, 0.15) is 0 Å². The SMILES string of the molecule is FCC1CCCN(OCc2ccc3ccccc3c2Br)C1. The molecule has 0 amide bonds. The minimum atomic E-state index is -0.250. The second kappa shape index (κ2) is 6.86. The quantitative estimate of drug-likeness (QED) is 0.790. The van der Waals surface area contributed by atoms with Crippen molar-refractivity contribution in [1.82, 2.24) is 5.06 Å². The molecule has 1 aliphatic heterocycles. The zero-order valence-electron chi connectivity index (χ0n) is 11.9. The van der Waals surface area contributed by atoms with Gasteiger partial charge in [0, 0.05) is 23.5 Å². The summed E-state index contributed by atoms with van der Waals surface area (Å²) in [6, 6.07) is 12.5. The highest BCUT2D eigenvalue weighted by Crippen LogP contribution is 2.28. The molecule has 1 saturated heterocycles. The fraction of sp³-hybridized carbons (Fsp3) is 0.412. The molecule has 0 bridgehead atoms. The lowest BCUT2D eigenvalue weighted by Crippen LogP contribution is -2.36. The fourth-order valence-corrected chi connectivity index (χ4v) is 3.43. The smallest absolute Gasteiger partial charge is 0.0947 e. The number of piperidine rings is 1. The van der Waals surface area contributed by atoms with Crippen LogP contribution < -0.4 is 0 Å². The van der Waals surface area contributed by atoms with E-state index in [0.29, 0.717) is 13.2 Å². The predicted octanol–water partition coefficient (Wildman–Crippen LogP) is 4.72. The third-order valence-corrected chi connectivity index (χ3v) is 4.98. The van der Waals surface area contributed by atoms with Gasteiger partial charge in [0.2, 0.25) is 0 Å². The van der Waals surface area contributed by atoms with Gasteiger partial charge in [0.05, 0.1) is 13.3 Å². The first-order valence-corrected chi connectivity index (χ1v) is 8.17. The third-order valence-electron chi connectivity index (χ3n) is 4.05. The van der Waals surface area contributed by atoms with E-state index >= 15 is 0 Å². The maximum atomic E-state index is 12.8. The molecule has 0 N–H and O–H groups in total. The maximum absolute atomic E-state index is 12.8. The molecule has 0 radical (unpaired) electrons. The van der Waals surface area contributed by atoms with E-state index in [0.717, 1.165) is 29.4 Å². The van der Waals surface area contributed by atoms with Crippen molar-refractivity contribution < 1.29 is 9.23 Å². The summed E-state index contributed by atoms with van der Waals surface area (Å²) >= 11 is 3.67. The Hall–Kier alpha value is -0.970. The summed E-state index contributed by atoms with van der Waals surface area (Å²) in [5.74, 6) is 0.124. The molecule has 0 spiro atoms. The van der Waals surface area contributed by atoms with Gasteiger partial charge in [-0.15, -0.1) is 0 Å². The van der Waals surface area contributed by atoms with E-state index in [4.69, 9.17) is 4.84 Å². The van der Waals surface area contributed by atoms with Crippen LogP contribution in [0.5, 0.6) is 0 Å². The van der Waals surface area contributed by atoms with Crippen LogP contribution in [0.2, 0.25) is 0 Å². The van der Waals surface area contributed by atoms with Gasteiger partial charge in [0.15, 0.2) is 0 Å². The summed E-state index contributed by atoms with van der Waals surface area (Å²) in [5.41, 5.74) is 1.12. The van der Waals surface area contributed by atoms with Crippen molar-refractivity contribution in [2.24, 2.45) is 5.92 Å². The van der Waals surface area contributed by atoms with Crippen LogP contribution in [0.4, 0.5) is 4.39 Å². The van der Waals surface area contributed by atoms with E-state index in [9.17, 15) is 4.39 Å². The number of halogens is 2. The highest BCUT2D eigenvalue weighted by atomic mass is 79.9. The summed E-state index contributed by atoms with van der Waals surface area (Å²) in [4.78, 5) is 5.87. The van der Waals surface area contributed by atoms with E-state index in [-0.39, 0.29) is 12.6 Å². The Morgan fingerprint density at radius 3 is 2.95 bits per heavy atom. The Morgan fingerprint density at radius 1 is 1.24 bits per heavy atom. The molecule has 21 heavy (non-hydrogen) atoms. The van der Waals surface area contributed by atoms with Crippen molar-refractivity contribution in [3.63, 3.8) is 0 Å². The molecule has 2 aromatic carbocycles. The lowest BCUT2D eigenvalue weighted by molar-refractivity contribution is -0.188. The molecule has 3 rings (SSSR count). The van der Waals surface area contributed by atoms with Crippen molar-refractivity contribution in [2.45, 2.75) is 19.4 Å². The highest BCUT2D eigenvalue weighted by Gasteiger charge is 2.20. The molecule has 4 heteroatoms. The molecular formula is C17H19BrFNO. The Morgan fingerprint density at radius 2 is 2.10 bits per heavy atom. The van der Waals surface area contributed by atoms with Crippen molar-refractivity contribution in [3.05, 3.63) is 46.4 Å². The van der Waals surface area contributed by atoms with Crippen LogP contribution in [-0.2, 0) is 11.4 Å². The van der Waals surface area contributed by atoms with E-state index in [1.165, 1.54) is 10.8 Å². The third kappa shape index (κ3) is 3.44. The van der Waals surface area contributed by atoms with E-state index in [1.807, 2.05) is 17.2 Å². The van der Waals surface area contributed by atoms with Gasteiger partial charge >= 0.3 is 0 Å². The number of hydroxylamine groups is 2. The van der Waals surface area contributed by atoms with Crippen LogP contribution in [-0.4, -0.2) is 24.8 Å². The number of hydrogen-bond acceptors (Lipinski definition) is 2. The van der Waals surface area contributed by atoms with Crippen LogP contribution in [0.15, 0.2) is 40.9 Å². The lowest BCUT2D eigenvalue weighted by Gasteiger charge is -2.30. The second-order valence-corrected chi connectivity index (χ2v) is 6.38. The largest absolute Gasteiger partial charge is 0.294 e. The molecule has 0 saturated carbocycles. The summed E-state index contributed by atoms with van der Waals surface area (Å²) < 4.78 is 13.8. The topological polar surface area (TPSA) is 12.5 Å². The van der Waals surface area contributed by atoms with Crippen LogP contribution >= 0.6 is 15.9 Å². The van der Waals surface area contributed by atoms with E-state index in [2.05, 4.69) is 40.2 Å². The predicted molar refractivity (Wildman–Crippen MR) is 86.7 cm³/mol. The van der Waals surface area contributed by atoms with Crippen molar-refractivity contribution in [1.29, 1.82) is 0 Å². The van der Waals surface area contributed by atoms with Gasteiger partial charge in [-0.2, -0.15) is 5.06 Å². The van der Waals surface area contributed by atoms with Crippen LogP contribution in [0, 0.1) is 5.92 Å². The van der Waals surface area contributed by atoms with E-state index < -0.39 is 0 Å². The highest BCUT2D eigenvalue weighted by molar-refractivity contribution is 9.10. The first-order chi connectivity index (χ1) is 10.3. The van der Waals surface area contributed by atoms with Crippen molar-refractivity contribution >= 4 is 26.7 Å². The number of fused-ring (bicyclic) bond motifs is 1. The van der Waals surface area contributed by atoms with Gasteiger partial charge in [-0.05, 0) is 45.1 Å². The number of rotatable bonds is 4. The average molecular weight is 352 g/mol. The Labute approximate surface area is 133 Å². The normalized spacial score (nSPS) is 20.0. The van der Waals surface area contributed by atoms with Crippen LogP contribution in [0.25, 0.3) is 10.8 Å². The first kappa shape index (κ1) is 14.9. The molecule has 1 unspecified atom stereocenters. The Bertz CT molecular complexity index is 619. The average Bonchev–Trinajstić information content (AvgIpc) is 2.55. The van der Waals surface area contributed by atoms with Crippen molar-refractivity contribution in [3.8, 4) is 0 Å². The van der Waals surface area contributed by atoms with Gasteiger partial charge in [-0.1, -0.05) is 36.4 Å². The molecule has 0 aromatic heterocycles. The van der Waals surface area contributed by atoms with Crippen molar-refractivity contribution in [2.75, 3.05) is 19.8 Å². The summed E-state index contributed by atoms with van der Waals surface area (Å²) in [7, 11) is 0. The first-order valence-electron chi connectivity index (χ1n) is 7.38. The molecule has 112 valence electrons. The molecule has 2 nitrogen and oxygen atoms in total. The molecule has 1 heterocycles. The number of benzene rings is 2. The second-order valence-electron chi connectivity index (χ2n) is 5.58. The molecule has 0 aliphatic carbocycles. The zero-order chi connectivity index (χ0) is 14.7. The van der Waals surface area contributed by atoms with Crippen LogP contribution in [0.1, 0.15) is 18.4 Å².